The second-order valence-corrected chi connectivity index (χ2v) is 7.32. The molecule has 1 atom stereocenters. The molecule has 0 bridgehead atoms. The van der Waals surface area contributed by atoms with Crippen LogP contribution in [-0.2, 0) is 26.2 Å². The van der Waals surface area contributed by atoms with Crippen molar-refractivity contribution in [2.75, 3.05) is 26.9 Å². The Balaban J connectivity index is 1.74. The van der Waals surface area contributed by atoms with Crippen molar-refractivity contribution in [1.29, 1.82) is 0 Å². The highest BCUT2D eigenvalue weighted by Gasteiger charge is 2.41. The zero-order chi connectivity index (χ0) is 20.7. The molecule has 1 heterocycles. The van der Waals surface area contributed by atoms with Crippen molar-refractivity contribution in [1.82, 2.24) is 5.32 Å². The first kappa shape index (κ1) is 20.9. The standard InChI is InChI=1S/C23H27NO5/c1-28-20-10-6-5-7-17(20)15-18(21(25)26)16-24-22(27)23(11-13-29-14-12-23)19-8-3-2-4-9-19/h2-10,18H,11-16H2,1H3,(H,24,27)(H,25,26). The van der Waals surface area contributed by atoms with Crippen LogP contribution in [0.4, 0.5) is 0 Å². The number of hydrogen-bond acceptors (Lipinski definition) is 4. The summed E-state index contributed by atoms with van der Waals surface area (Å²) in [6.07, 6.45) is 1.43. The maximum Gasteiger partial charge on any atom is 0.308 e. The summed E-state index contributed by atoms with van der Waals surface area (Å²) in [5, 5.41) is 12.6. The van der Waals surface area contributed by atoms with E-state index in [-0.39, 0.29) is 18.9 Å². The molecule has 3 rings (SSSR count). The molecule has 1 aliphatic heterocycles. The molecule has 154 valence electrons. The van der Waals surface area contributed by atoms with E-state index in [1.54, 1.807) is 13.2 Å². The predicted molar refractivity (Wildman–Crippen MR) is 109 cm³/mol. The number of hydrogen-bond donors (Lipinski definition) is 2. The SMILES string of the molecule is COc1ccccc1CC(CNC(=O)C1(c2ccccc2)CCOCC1)C(=O)O. The van der Waals surface area contributed by atoms with E-state index in [9.17, 15) is 14.7 Å². The molecule has 0 saturated carbocycles. The van der Waals surface area contributed by atoms with E-state index in [4.69, 9.17) is 9.47 Å². The maximum absolute atomic E-state index is 13.2. The third-order valence-corrected chi connectivity index (χ3v) is 5.62. The van der Waals surface area contributed by atoms with Gasteiger partial charge in [-0.2, -0.15) is 0 Å². The molecule has 2 N–H and O–H groups in total. The first-order chi connectivity index (χ1) is 14.1. The summed E-state index contributed by atoms with van der Waals surface area (Å²) < 4.78 is 10.8. The molecule has 2 aromatic carbocycles. The summed E-state index contributed by atoms with van der Waals surface area (Å²) in [7, 11) is 1.56. The van der Waals surface area contributed by atoms with Crippen molar-refractivity contribution in [3.8, 4) is 5.75 Å². The van der Waals surface area contributed by atoms with Gasteiger partial charge < -0.3 is 19.9 Å². The fourth-order valence-electron chi connectivity index (χ4n) is 3.89. The summed E-state index contributed by atoms with van der Waals surface area (Å²) in [4.78, 5) is 25.1. The average Bonchev–Trinajstić information content (AvgIpc) is 2.77. The first-order valence-corrected chi connectivity index (χ1v) is 9.83. The van der Waals surface area contributed by atoms with Crippen molar-refractivity contribution in [2.24, 2.45) is 5.92 Å². The minimum atomic E-state index is -0.947. The summed E-state index contributed by atoms with van der Waals surface area (Å²) >= 11 is 0. The van der Waals surface area contributed by atoms with Crippen molar-refractivity contribution in [2.45, 2.75) is 24.7 Å². The number of carbonyl (C=O) groups is 2. The Morgan fingerprint density at radius 1 is 1.10 bits per heavy atom. The lowest BCUT2D eigenvalue weighted by Gasteiger charge is -2.36. The molecule has 29 heavy (non-hydrogen) atoms. The number of carbonyl (C=O) groups excluding carboxylic acids is 1. The van der Waals surface area contributed by atoms with Gasteiger partial charge >= 0.3 is 5.97 Å². The largest absolute Gasteiger partial charge is 0.496 e. The van der Waals surface area contributed by atoms with Crippen molar-refractivity contribution < 1.29 is 24.2 Å². The number of nitrogens with one attached hydrogen (secondary N) is 1. The van der Waals surface area contributed by atoms with Gasteiger partial charge in [0.05, 0.1) is 18.4 Å². The van der Waals surface area contributed by atoms with Crippen LogP contribution in [0.5, 0.6) is 5.75 Å². The van der Waals surface area contributed by atoms with Gasteiger partial charge in [-0.3, -0.25) is 9.59 Å². The molecule has 1 unspecified atom stereocenters. The van der Waals surface area contributed by atoms with Gasteiger partial charge in [-0.05, 0) is 36.5 Å². The van der Waals surface area contributed by atoms with Gasteiger partial charge in [0, 0.05) is 19.8 Å². The van der Waals surface area contributed by atoms with E-state index in [0.29, 0.717) is 31.8 Å². The molecule has 0 spiro atoms. The molecule has 0 radical (unpaired) electrons. The molecule has 1 amide bonds. The van der Waals surface area contributed by atoms with E-state index in [2.05, 4.69) is 5.32 Å². The minimum absolute atomic E-state index is 0.0572. The van der Waals surface area contributed by atoms with E-state index in [0.717, 1.165) is 11.1 Å². The number of carboxylic acids is 1. The number of rotatable bonds is 8. The van der Waals surface area contributed by atoms with Gasteiger partial charge in [-0.1, -0.05) is 48.5 Å². The van der Waals surface area contributed by atoms with Crippen LogP contribution < -0.4 is 10.1 Å². The average molecular weight is 397 g/mol. The highest BCUT2D eigenvalue weighted by atomic mass is 16.5. The lowest BCUT2D eigenvalue weighted by Crippen LogP contribution is -2.49. The number of methoxy groups -OCH3 is 1. The molecular formula is C23H27NO5. The van der Waals surface area contributed by atoms with Crippen LogP contribution >= 0.6 is 0 Å². The lowest BCUT2D eigenvalue weighted by atomic mass is 9.73. The Hall–Kier alpha value is -2.86. The van der Waals surface area contributed by atoms with Gasteiger partial charge in [-0.25, -0.2) is 0 Å². The smallest absolute Gasteiger partial charge is 0.308 e. The molecular weight excluding hydrogens is 370 g/mol. The predicted octanol–water partition coefficient (Wildman–Crippen LogP) is 2.80. The van der Waals surface area contributed by atoms with Gasteiger partial charge in [0.1, 0.15) is 5.75 Å². The third kappa shape index (κ3) is 4.77. The number of amides is 1. The molecule has 1 fully saturated rings. The Labute approximate surface area is 170 Å². The van der Waals surface area contributed by atoms with Crippen molar-refractivity contribution in [3.63, 3.8) is 0 Å². The minimum Gasteiger partial charge on any atom is -0.496 e. The van der Waals surface area contributed by atoms with Gasteiger partial charge in [0.2, 0.25) is 5.91 Å². The highest BCUT2D eigenvalue weighted by molar-refractivity contribution is 5.88. The van der Waals surface area contributed by atoms with Crippen LogP contribution in [-0.4, -0.2) is 43.9 Å². The molecule has 2 aromatic rings. The van der Waals surface area contributed by atoms with E-state index < -0.39 is 17.3 Å². The fourth-order valence-corrected chi connectivity index (χ4v) is 3.89. The molecule has 6 heteroatoms. The quantitative estimate of drug-likeness (QED) is 0.716. The summed E-state index contributed by atoms with van der Waals surface area (Å²) in [6.45, 7) is 1.07. The van der Waals surface area contributed by atoms with Crippen molar-refractivity contribution >= 4 is 11.9 Å². The van der Waals surface area contributed by atoms with Crippen LogP contribution in [0.25, 0.3) is 0 Å². The van der Waals surface area contributed by atoms with Crippen LogP contribution in [0.2, 0.25) is 0 Å². The normalized spacial score (nSPS) is 16.6. The summed E-state index contributed by atoms with van der Waals surface area (Å²) in [5.74, 6) is -1.19. The Morgan fingerprint density at radius 3 is 2.41 bits per heavy atom. The molecule has 6 nitrogen and oxygen atoms in total. The number of benzene rings is 2. The Kier molecular flexibility index (Phi) is 6.88. The topological polar surface area (TPSA) is 84.9 Å². The van der Waals surface area contributed by atoms with Crippen molar-refractivity contribution in [3.05, 3.63) is 65.7 Å². The lowest BCUT2D eigenvalue weighted by molar-refractivity contribution is -0.142. The van der Waals surface area contributed by atoms with Gasteiger partial charge in [0.15, 0.2) is 0 Å². The summed E-state index contributed by atoms with van der Waals surface area (Å²) in [5.41, 5.74) is 1.06. The van der Waals surface area contributed by atoms with E-state index in [1.807, 2.05) is 48.5 Å². The third-order valence-electron chi connectivity index (χ3n) is 5.62. The molecule has 0 aliphatic carbocycles. The number of para-hydroxylation sites is 1. The number of aliphatic carboxylic acids is 1. The van der Waals surface area contributed by atoms with Gasteiger partial charge in [-0.15, -0.1) is 0 Å². The second-order valence-electron chi connectivity index (χ2n) is 7.32. The van der Waals surface area contributed by atoms with E-state index in [1.165, 1.54) is 0 Å². The zero-order valence-electron chi connectivity index (χ0n) is 16.6. The van der Waals surface area contributed by atoms with Crippen LogP contribution in [0.1, 0.15) is 24.0 Å². The highest BCUT2D eigenvalue weighted by Crippen LogP contribution is 2.35. The van der Waals surface area contributed by atoms with Crippen LogP contribution in [0, 0.1) is 5.92 Å². The molecule has 1 saturated heterocycles. The van der Waals surface area contributed by atoms with Gasteiger partial charge in [0.25, 0.3) is 0 Å². The number of carboxylic acid groups (broad SMARTS) is 1. The maximum atomic E-state index is 13.2. The van der Waals surface area contributed by atoms with Crippen LogP contribution in [0.3, 0.4) is 0 Å². The monoisotopic (exact) mass is 397 g/mol. The Bertz CT molecular complexity index is 830. The number of ether oxygens (including phenoxy) is 2. The molecule has 0 aromatic heterocycles. The molecule has 1 aliphatic rings. The Morgan fingerprint density at radius 2 is 1.76 bits per heavy atom. The van der Waals surface area contributed by atoms with Crippen LogP contribution in [0.15, 0.2) is 54.6 Å². The first-order valence-electron chi connectivity index (χ1n) is 9.83. The zero-order valence-corrected chi connectivity index (χ0v) is 16.6. The fraction of sp³-hybridized carbons (Fsp3) is 0.391. The van der Waals surface area contributed by atoms with E-state index >= 15 is 0 Å². The summed E-state index contributed by atoms with van der Waals surface area (Å²) in [6, 6.07) is 17.0. The second kappa shape index (κ2) is 9.56.